The second-order valence-electron chi connectivity index (χ2n) is 8.33. The summed E-state index contributed by atoms with van der Waals surface area (Å²) < 4.78 is 7.35. The number of carbonyl (C=O) groups excluding carboxylic acids is 2. The van der Waals surface area contributed by atoms with Gasteiger partial charge in [0.15, 0.2) is 0 Å². The van der Waals surface area contributed by atoms with E-state index in [0.29, 0.717) is 50.3 Å². The number of anilines is 1. The number of aromatic nitrogens is 1. The predicted octanol–water partition coefficient (Wildman–Crippen LogP) is 4.45. The Morgan fingerprint density at radius 3 is 2.65 bits per heavy atom. The van der Waals surface area contributed by atoms with Crippen LogP contribution < -0.4 is 10.1 Å². The summed E-state index contributed by atoms with van der Waals surface area (Å²) in [5.74, 6) is 0.383. The number of nitrogens with zero attached hydrogens (tertiary/aromatic N) is 3. The number of ether oxygens (including phenoxy) is 1. The second-order valence-corrected chi connectivity index (χ2v) is 8.33. The van der Waals surface area contributed by atoms with Gasteiger partial charge in [-0.25, -0.2) is 0 Å². The number of benzene rings is 2. The first-order chi connectivity index (χ1) is 16.6. The molecule has 174 valence electrons. The number of fused-ring (bicyclic) bond motifs is 1. The second kappa shape index (κ2) is 10.7. The van der Waals surface area contributed by atoms with Crippen molar-refractivity contribution < 1.29 is 14.3 Å². The van der Waals surface area contributed by atoms with Gasteiger partial charge in [0.05, 0.1) is 25.3 Å². The molecule has 0 atom stereocenters. The van der Waals surface area contributed by atoms with Crippen LogP contribution in [0.25, 0.3) is 17.0 Å². The molecule has 2 aromatic carbocycles. The molecule has 1 aromatic heterocycles. The number of piperidine rings is 1. The highest BCUT2D eigenvalue weighted by atomic mass is 16.5. The lowest BCUT2D eigenvalue weighted by atomic mass is 9.95. The molecule has 0 unspecified atom stereocenters. The standard InChI is InChI=1S/C27H28N4O3/c1-34-25-10-5-3-8-23(25)29-27(33)20-13-17-30(18-14-20)26(32)12-11-21-19-31(16-6-15-28)24-9-4-2-7-22(21)24/h2-5,7-12,19-20H,6,13-14,16-18H2,1H3,(H,29,33)/b12-11+. The zero-order valence-electron chi connectivity index (χ0n) is 19.2. The lowest BCUT2D eigenvalue weighted by Gasteiger charge is -2.30. The van der Waals surface area contributed by atoms with E-state index in [1.165, 1.54) is 0 Å². The monoisotopic (exact) mass is 456 g/mol. The zero-order chi connectivity index (χ0) is 23.9. The molecule has 1 aliphatic heterocycles. The molecule has 0 aliphatic carbocycles. The Balaban J connectivity index is 1.36. The molecule has 0 saturated carbocycles. The van der Waals surface area contributed by atoms with Crippen LogP contribution in [0.15, 0.2) is 60.8 Å². The molecule has 3 aromatic rings. The number of hydrogen-bond acceptors (Lipinski definition) is 4. The van der Waals surface area contributed by atoms with Crippen LogP contribution in [0.3, 0.4) is 0 Å². The largest absolute Gasteiger partial charge is 0.495 e. The van der Waals surface area contributed by atoms with E-state index in [1.54, 1.807) is 18.1 Å². The lowest BCUT2D eigenvalue weighted by molar-refractivity contribution is -0.130. The Labute approximate surface area is 199 Å². The van der Waals surface area contributed by atoms with Crippen LogP contribution in [-0.4, -0.2) is 41.5 Å². The average molecular weight is 457 g/mol. The number of nitriles is 1. The van der Waals surface area contributed by atoms with E-state index in [4.69, 9.17) is 10.00 Å². The Kier molecular flexibility index (Phi) is 7.28. The van der Waals surface area contributed by atoms with Crippen LogP contribution in [0.4, 0.5) is 5.69 Å². The number of amides is 2. The van der Waals surface area contributed by atoms with E-state index in [2.05, 4.69) is 16.0 Å². The van der Waals surface area contributed by atoms with Crippen molar-refractivity contribution in [3.05, 3.63) is 66.4 Å². The van der Waals surface area contributed by atoms with Crippen molar-refractivity contribution in [2.75, 3.05) is 25.5 Å². The molecule has 0 spiro atoms. The van der Waals surface area contributed by atoms with Gasteiger partial charge in [-0.1, -0.05) is 30.3 Å². The molecule has 2 heterocycles. The highest BCUT2D eigenvalue weighted by Crippen LogP contribution is 2.26. The molecule has 0 radical (unpaired) electrons. The minimum atomic E-state index is -0.143. The van der Waals surface area contributed by atoms with Crippen LogP contribution in [0.2, 0.25) is 0 Å². The number of aryl methyl sites for hydroxylation is 1. The van der Waals surface area contributed by atoms with Gasteiger partial charge in [-0.2, -0.15) is 5.26 Å². The summed E-state index contributed by atoms with van der Waals surface area (Å²) in [5, 5.41) is 12.9. The van der Waals surface area contributed by atoms with E-state index in [1.807, 2.05) is 60.8 Å². The summed E-state index contributed by atoms with van der Waals surface area (Å²) in [5.41, 5.74) is 2.66. The molecule has 1 saturated heterocycles. The van der Waals surface area contributed by atoms with Crippen LogP contribution in [0, 0.1) is 17.2 Å². The zero-order valence-corrected chi connectivity index (χ0v) is 19.2. The fourth-order valence-electron chi connectivity index (χ4n) is 4.37. The number of nitrogens with one attached hydrogen (secondary N) is 1. The molecule has 7 heteroatoms. The van der Waals surface area contributed by atoms with Crippen LogP contribution in [0.5, 0.6) is 5.75 Å². The summed E-state index contributed by atoms with van der Waals surface area (Å²) in [6, 6.07) is 17.5. The number of para-hydroxylation sites is 3. The Morgan fingerprint density at radius 2 is 1.88 bits per heavy atom. The smallest absolute Gasteiger partial charge is 0.246 e. The van der Waals surface area contributed by atoms with E-state index in [0.717, 1.165) is 16.5 Å². The first-order valence-electron chi connectivity index (χ1n) is 11.5. The van der Waals surface area contributed by atoms with Crippen molar-refractivity contribution in [3.63, 3.8) is 0 Å². The third-order valence-electron chi connectivity index (χ3n) is 6.23. The molecular weight excluding hydrogens is 428 g/mol. The average Bonchev–Trinajstić information content (AvgIpc) is 3.24. The van der Waals surface area contributed by atoms with Crippen molar-refractivity contribution >= 4 is 34.5 Å². The molecule has 4 rings (SSSR count). The lowest BCUT2D eigenvalue weighted by Crippen LogP contribution is -2.40. The van der Waals surface area contributed by atoms with Crippen LogP contribution in [-0.2, 0) is 16.1 Å². The topological polar surface area (TPSA) is 87.4 Å². The van der Waals surface area contributed by atoms with Gasteiger partial charge in [0.1, 0.15) is 5.75 Å². The maximum absolute atomic E-state index is 12.8. The fraction of sp³-hybridized carbons (Fsp3) is 0.296. The van der Waals surface area contributed by atoms with Crippen molar-refractivity contribution in [1.82, 2.24) is 9.47 Å². The molecule has 1 aliphatic rings. The number of hydrogen-bond donors (Lipinski definition) is 1. The molecule has 34 heavy (non-hydrogen) atoms. The first-order valence-corrected chi connectivity index (χ1v) is 11.5. The molecule has 7 nitrogen and oxygen atoms in total. The normalized spacial score (nSPS) is 14.3. The Morgan fingerprint density at radius 1 is 1.15 bits per heavy atom. The van der Waals surface area contributed by atoms with Crippen molar-refractivity contribution in [2.24, 2.45) is 5.92 Å². The number of likely N-dealkylation sites (tertiary alicyclic amines) is 1. The fourth-order valence-corrected chi connectivity index (χ4v) is 4.37. The molecular formula is C27H28N4O3. The summed E-state index contributed by atoms with van der Waals surface area (Å²) in [6.45, 7) is 1.69. The predicted molar refractivity (Wildman–Crippen MR) is 132 cm³/mol. The minimum absolute atomic E-state index is 0.0441. The van der Waals surface area contributed by atoms with Crippen LogP contribution in [0.1, 0.15) is 24.8 Å². The minimum Gasteiger partial charge on any atom is -0.495 e. The summed E-state index contributed by atoms with van der Waals surface area (Å²) in [6.07, 6.45) is 7.10. The molecule has 1 N–H and O–H groups in total. The van der Waals surface area contributed by atoms with Gasteiger partial charge in [-0.05, 0) is 37.1 Å². The van der Waals surface area contributed by atoms with Gasteiger partial charge in [0.25, 0.3) is 0 Å². The maximum Gasteiger partial charge on any atom is 0.246 e. The van der Waals surface area contributed by atoms with Gasteiger partial charge in [0.2, 0.25) is 11.8 Å². The van der Waals surface area contributed by atoms with Crippen molar-refractivity contribution in [2.45, 2.75) is 25.8 Å². The van der Waals surface area contributed by atoms with E-state index >= 15 is 0 Å². The van der Waals surface area contributed by atoms with E-state index in [-0.39, 0.29) is 17.7 Å². The summed E-state index contributed by atoms with van der Waals surface area (Å²) >= 11 is 0. The van der Waals surface area contributed by atoms with Crippen molar-refractivity contribution in [3.8, 4) is 11.8 Å². The van der Waals surface area contributed by atoms with Gasteiger partial charge in [0, 0.05) is 54.3 Å². The van der Waals surface area contributed by atoms with Crippen molar-refractivity contribution in [1.29, 1.82) is 5.26 Å². The first kappa shape index (κ1) is 23.1. The SMILES string of the molecule is COc1ccccc1NC(=O)C1CCN(C(=O)/C=C/c2cn(CCC#N)c3ccccc23)CC1. The van der Waals surface area contributed by atoms with Gasteiger partial charge >= 0.3 is 0 Å². The third kappa shape index (κ3) is 5.12. The highest BCUT2D eigenvalue weighted by Gasteiger charge is 2.27. The van der Waals surface area contributed by atoms with Gasteiger partial charge in [-0.3, -0.25) is 9.59 Å². The quantitative estimate of drug-likeness (QED) is 0.532. The van der Waals surface area contributed by atoms with Gasteiger partial charge < -0.3 is 19.5 Å². The highest BCUT2D eigenvalue weighted by molar-refractivity contribution is 5.97. The summed E-state index contributed by atoms with van der Waals surface area (Å²) in [7, 11) is 1.58. The van der Waals surface area contributed by atoms with E-state index < -0.39 is 0 Å². The number of rotatable bonds is 7. The van der Waals surface area contributed by atoms with Crippen LogP contribution >= 0.6 is 0 Å². The number of carbonyl (C=O) groups is 2. The van der Waals surface area contributed by atoms with Gasteiger partial charge in [-0.15, -0.1) is 0 Å². The Bertz CT molecular complexity index is 1250. The molecule has 1 fully saturated rings. The third-order valence-corrected chi connectivity index (χ3v) is 6.23. The molecule has 0 bridgehead atoms. The Hall–Kier alpha value is -4.05. The maximum atomic E-state index is 12.8. The number of methoxy groups -OCH3 is 1. The van der Waals surface area contributed by atoms with E-state index in [9.17, 15) is 9.59 Å². The molecule has 2 amide bonds. The summed E-state index contributed by atoms with van der Waals surface area (Å²) in [4.78, 5) is 27.3.